The molecule has 0 N–H and O–H groups in total. The third-order valence-electron chi connectivity index (χ3n) is 4.81. The van der Waals surface area contributed by atoms with Crippen molar-refractivity contribution in [1.82, 2.24) is 14.2 Å². The van der Waals surface area contributed by atoms with Crippen molar-refractivity contribution in [2.24, 2.45) is 0 Å². The summed E-state index contributed by atoms with van der Waals surface area (Å²) in [5, 5.41) is 0. The molecule has 0 radical (unpaired) electrons. The summed E-state index contributed by atoms with van der Waals surface area (Å²) in [5.74, 6) is -0.111. The molecule has 0 bridgehead atoms. The first-order valence-corrected chi connectivity index (χ1v) is 10.7. The van der Waals surface area contributed by atoms with Crippen LogP contribution in [0.15, 0.2) is 53.7 Å². The van der Waals surface area contributed by atoms with Gasteiger partial charge in [-0.1, -0.05) is 25.5 Å². The Hall–Kier alpha value is -2.25. The molecule has 1 aromatic heterocycles. The van der Waals surface area contributed by atoms with E-state index in [0.29, 0.717) is 36.6 Å². The Kier molecular flexibility index (Phi) is 6.23. The van der Waals surface area contributed by atoms with E-state index in [2.05, 4.69) is 11.9 Å². The second-order valence-electron chi connectivity index (χ2n) is 6.69. The highest BCUT2D eigenvalue weighted by Crippen LogP contribution is 2.19. The second-order valence-corrected chi connectivity index (χ2v) is 8.62. The van der Waals surface area contributed by atoms with Gasteiger partial charge in [-0.2, -0.15) is 4.31 Å². The summed E-state index contributed by atoms with van der Waals surface area (Å²) in [5.41, 5.74) is 1.68. The van der Waals surface area contributed by atoms with E-state index < -0.39 is 10.0 Å². The quantitative estimate of drug-likeness (QED) is 0.764. The minimum atomic E-state index is -3.53. The number of hydrogen-bond donors (Lipinski definition) is 0. The lowest BCUT2D eigenvalue weighted by Crippen LogP contribution is -2.50. The second kappa shape index (κ2) is 8.63. The average molecular weight is 388 g/mol. The van der Waals surface area contributed by atoms with Crippen LogP contribution in [0.1, 0.15) is 35.7 Å². The fourth-order valence-electron chi connectivity index (χ4n) is 3.16. The Bertz CT molecular complexity index is 859. The topological polar surface area (TPSA) is 70.6 Å². The Morgan fingerprint density at radius 1 is 1.07 bits per heavy atom. The first-order valence-electron chi connectivity index (χ1n) is 9.31. The molecule has 1 saturated heterocycles. The van der Waals surface area contributed by atoms with E-state index in [1.165, 1.54) is 10.5 Å². The molecule has 1 aliphatic rings. The molecule has 0 atom stereocenters. The van der Waals surface area contributed by atoms with Gasteiger partial charge in [0.05, 0.1) is 10.5 Å². The monoisotopic (exact) mass is 387 g/mol. The molecule has 0 spiro atoms. The summed E-state index contributed by atoms with van der Waals surface area (Å²) in [4.78, 5) is 18.4. The first-order chi connectivity index (χ1) is 13.0. The van der Waals surface area contributed by atoms with Gasteiger partial charge < -0.3 is 4.90 Å². The number of carbonyl (C=O) groups excluding carboxylic acids is 1. The lowest BCUT2D eigenvalue weighted by molar-refractivity contribution is 0.0697. The number of benzene rings is 1. The number of rotatable bonds is 6. The molecule has 27 heavy (non-hydrogen) atoms. The van der Waals surface area contributed by atoms with Gasteiger partial charge in [0.1, 0.15) is 0 Å². The summed E-state index contributed by atoms with van der Waals surface area (Å²) < 4.78 is 27.2. The summed E-state index contributed by atoms with van der Waals surface area (Å²) in [6, 6.07) is 10.6. The number of hydrogen-bond acceptors (Lipinski definition) is 4. The van der Waals surface area contributed by atoms with Gasteiger partial charge in [0.2, 0.25) is 10.0 Å². The predicted molar refractivity (Wildman–Crippen MR) is 104 cm³/mol. The molecule has 3 rings (SSSR count). The number of amides is 1. The minimum Gasteiger partial charge on any atom is -0.336 e. The van der Waals surface area contributed by atoms with Gasteiger partial charge in [0, 0.05) is 38.6 Å². The Labute approximate surface area is 160 Å². The van der Waals surface area contributed by atoms with Crippen LogP contribution in [0.2, 0.25) is 0 Å². The Morgan fingerprint density at radius 3 is 2.37 bits per heavy atom. The molecule has 6 nitrogen and oxygen atoms in total. The lowest BCUT2D eigenvalue weighted by Gasteiger charge is -2.34. The molecule has 1 fully saturated rings. The van der Waals surface area contributed by atoms with E-state index in [1.807, 2.05) is 12.1 Å². The van der Waals surface area contributed by atoms with Crippen LogP contribution in [-0.2, 0) is 16.4 Å². The summed E-state index contributed by atoms with van der Waals surface area (Å²) in [6.07, 6.45) is 6.33. The van der Waals surface area contributed by atoms with Crippen molar-refractivity contribution in [2.45, 2.75) is 31.1 Å². The summed E-state index contributed by atoms with van der Waals surface area (Å²) in [6.45, 7) is 3.48. The first kappa shape index (κ1) is 19.5. The molecular weight excluding hydrogens is 362 g/mol. The zero-order chi connectivity index (χ0) is 19.3. The van der Waals surface area contributed by atoms with E-state index in [1.54, 1.807) is 35.4 Å². The summed E-state index contributed by atoms with van der Waals surface area (Å²) >= 11 is 0. The molecule has 0 saturated carbocycles. The molecule has 1 amide bonds. The average Bonchev–Trinajstić information content (AvgIpc) is 2.72. The van der Waals surface area contributed by atoms with Gasteiger partial charge in [-0.05, 0) is 42.7 Å². The van der Waals surface area contributed by atoms with Gasteiger partial charge in [-0.25, -0.2) is 8.42 Å². The van der Waals surface area contributed by atoms with Gasteiger partial charge in [0.15, 0.2) is 0 Å². The van der Waals surface area contributed by atoms with Gasteiger partial charge >= 0.3 is 0 Å². The van der Waals surface area contributed by atoms with Crippen molar-refractivity contribution >= 4 is 15.9 Å². The van der Waals surface area contributed by atoms with Crippen molar-refractivity contribution < 1.29 is 13.2 Å². The molecule has 2 heterocycles. The van der Waals surface area contributed by atoms with Crippen molar-refractivity contribution in [3.05, 3.63) is 59.9 Å². The molecule has 0 unspecified atom stereocenters. The van der Waals surface area contributed by atoms with Crippen molar-refractivity contribution in [3.8, 4) is 0 Å². The van der Waals surface area contributed by atoms with Crippen LogP contribution in [0, 0.1) is 0 Å². The maximum atomic E-state index is 12.9. The fraction of sp³-hybridized carbons (Fsp3) is 0.400. The number of piperazine rings is 1. The van der Waals surface area contributed by atoms with Crippen LogP contribution in [-0.4, -0.2) is 54.7 Å². The molecule has 1 aliphatic heterocycles. The smallest absolute Gasteiger partial charge is 0.255 e. The van der Waals surface area contributed by atoms with E-state index >= 15 is 0 Å². The SMILES string of the molecule is CCCCc1ccc(S(=O)(=O)N2CCN(C(=O)c3cccnc3)CC2)cc1. The maximum Gasteiger partial charge on any atom is 0.255 e. The van der Waals surface area contributed by atoms with Crippen LogP contribution in [0.5, 0.6) is 0 Å². The Morgan fingerprint density at radius 2 is 1.78 bits per heavy atom. The van der Waals surface area contributed by atoms with Gasteiger partial charge in [-0.3, -0.25) is 9.78 Å². The number of nitrogens with zero attached hydrogens (tertiary/aromatic N) is 3. The lowest BCUT2D eigenvalue weighted by atomic mass is 10.1. The Balaban J connectivity index is 1.63. The standard InChI is InChI=1S/C20H25N3O3S/c1-2-3-5-17-7-9-19(10-8-17)27(25,26)23-14-12-22(13-15-23)20(24)18-6-4-11-21-16-18/h4,6-11,16H,2-3,5,12-15H2,1H3. The van der Waals surface area contributed by atoms with Gasteiger partial charge in [-0.15, -0.1) is 0 Å². The van der Waals surface area contributed by atoms with Crippen LogP contribution in [0.25, 0.3) is 0 Å². The van der Waals surface area contributed by atoms with Crippen LogP contribution in [0.3, 0.4) is 0 Å². The normalized spacial score (nSPS) is 15.7. The number of carbonyl (C=O) groups is 1. The van der Waals surface area contributed by atoms with Crippen LogP contribution >= 0.6 is 0 Å². The third-order valence-corrected chi connectivity index (χ3v) is 6.73. The number of sulfonamides is 1. The largest absolute Gasteiger partial charge is 0.336 e. The molecule has 0 aliphatic carbocycles. The molecule has 7 heteroatoms. The van der Waals surface area contributed by atoms with E-state index in [4.69, 9.17) is 0 Å². The van der Waals surface area contributed by atoms with Crippen LogP contribution < -0.4 is 0 Å². The molecule has 2 aromatic rings. The zero-order valence-corrected chi connectivity index (χ0v) is 16.4. The van der Waals surface area contributed by atoms with Crippen LogP contribution in [0.4, 0.5) is 0 Å². The van der Waals surface area contributed by atoms with E-state index in [9.17, 15) is 13.2 Å². The van der Waals surface area contributed by atoms with Crippen molar-refractivity contribution in [2.75, 3.05) is 26.2 Å². The number of pyridine rings is 1. The maximum absolute atomic E-state index is 12.9. The number of aromatic nitrogens is 1. The van der Waals surface area contributed by atoms with E-state index in [0.717, 1.165) is 24.8 Å². The molecule has 144 valence electrons. The number of aryl methyl sites for hydroxylation is 1. The van der Waals surface area contributed by atoms with E-state index in [-0.39, 0.29) is 5.91 Å². The van der Waals surface area contributed by atoms with Crippen molar-refractivity contribution in [3.63, 3.8) is 0 Å². The molecule has 1 aromatic carbocycles. The highest BCUT2D eigenvalue weighted by Gasteiger charge is 2.30. The highest BCUT2D eigenvalue weighted by molar-refractivity contribution is 7.89. The highest BCUT2D eigenvalue weighted by atomic mass is 32.2. The predicted octanol–water partition coefficient (Wildman–Crippen LogP) is 2.57. The fourth-order valence-corrected chi connectivity index (χ4v) is 4.58. The minimum absolute atomic E-state index is 0.111. The summed E-state index contributed by atoms with van der Waals surface area (Å²) in [7, 11) is -3.53. The number of unbranched alkanes of at least 4 members (excludes halogenated alkanes) is 1. The third kappa shape index (κ3) is 4.54. The molecular formula is C20H25N3O3S. The zero-order valence-electron chi connectivity index (χ0n) is 15.5. The van der Waals surface area contributed by atoms with Gasteiger partial charge in [0.25, 0.3) is 5.91 Å². The van der Waals surface area contributed by atoms with Crippen molar-refractivity contribution in [1.29, 1.82) is 0 Å².